The standard InChI is InChI=1S/C20H15ClN2O4S2/c1-29(25,26)14-8-9-17-18(11-14)28-20(22-17)23(12-13-5-4-10-27-13)19(24)15-6-2-3-7-16(15)21/h2-11H,12H2,1H3. The van der Waals surface area contributed by atoms with Gasteiger partial charge in [0.2, 0.25) is 0 Å². The van der Waals surface area contributed by atoms with Gasteiger partial charge in [-0.2, -0.15) is 0 Å². The third-order valence-corrected chi connectivity index (χ3v) is 6.73. The van der Waals surface area contributed by atoms with E-state index in [1.54, 1.807) is 48.5 Å². The summed E-state index contributed by atoms with van der Waals surface area (Å²) in [5.41, 5.74) is 0.950. The molecule has 0 spiro atoms. The molecule has 6 nitrogen and oxygen atoms in total. The molecule has 148 valence electrons. The van der Waals surface area contributed by atoms with Gasteiger partial charge in [0.15, 0.2) is 15.0 Å². The van der Waals surface area contributed by atoms with Crippen LogP contribution in [0.3, 0.4) is 0 Å². The highest BCUT2D eigenvalue weighted by Gasteiger charge is 2.24. The number of carbonyl (C=O) groups excluding carboxylic acids is 1. The second kappa shape index (κ2) is 7.62. The van der Waals surface area contributed by atoms with Crippen molar-refractivity contribution in [1.29, 1.82) is 0 Å². The van der Waals surface area contributed by atoms with Crippen molar-refractivity contribution in [3.05, 3.63) is 77.2 Å². The molecule has 0 N–H and O–H groups in total. The van der Waals surface area contributed by atoms with Crippen molar-refractivity contribution in [3.63, 3.8) is 0 Å². The van der Waals surface area contributed by atoms with Crippen LogP contribution in [0, 0.1) is 0 Å². The molecule has 4 rings (SSSR count). The number of sulfone groups is 1. The van der Waals surface area contributed by atoms with Crippen molar-refractivity contribution in [1.82, 2.24) is 4.98 Å². The van der Waals surface area contributed by atoms with Crippen LogP contribution in [0.1, 0.15) is 16.1 Å². The number of fused-ring (bicyclic) bond motifs is 1. The summed E-state index contributed by atoms with van der Waals surface area (Å²) >= 11 is 7.46. The van der Waals surface area contributed by atoms with Crippen LogP contribution < -0.4 is 4.90 Å². The predicted octanol–water partition coefficient (Wildman–Crippen LogP) is 4.79. The van der Waals surface area contributed by atoms with Crippen LogP contribution in [-0.2, 0) is 16.4 Å². The van der Waals surface area contributed by atoms with E-state index in [2.05, 4.69) is 4.98 Å². The molecule has 2 aromatic heterocycles. The molecule has 0 aliphatic rings. The Hall–Kier alpha value is -2.68. The number of hydrogen-bond acceptors (Lipinski definition) is 6. The van der Waals surface area contributed by atoms with E-state index in [-0.39, 0.29) is 17.3 Å². The van der Waals surface area contributed by atoms with Crippen LogP contribution in [0.15, 0.2) is 70.2 Å². The maximum atomic E-state index is 13.3. The largest absolute Gasteiger partial charge is 0.467 e. The van der Waals surface area contributed by atoms with Crippen molar-refractivity contribution in [3.8, 4) is 0 Å². The van der Waals surface area contributed by atoms with E-state index in [0.29, 0.717) is 31.7 Å². The van der Waals surface area contributed by atoms with Gasteiger partial charge in [-0.15, -0.1) is 0 Å². The Morgan fingerprint density at radius 1 is 1.17 bits per heavy atom. The Labute approximate surface area is 176 Å². The van der Waals surface area contributed by atoms with Gasteiger partial charge in [0, 0.05) is 6.26 Å². The number of aromatic nitrogens is 1. The molecule has 0 unspecified atom stereocenters. The molecule has 0 bridgehead atoms. The SMILES string of the molecule is CS(=O)(=O)c1ccc2nc(N(Cc3ccco3)C(=O)c3ccccc3Cl)sc2c1. The Balaban J connectivity index is 1.80. The van der Waals surface area contributed by atoms with Gasteiger partial charge in [-0.05, 0) is 42.5 Å². The summed E-state index contributed by atoms with van der Waals surface area (Å²) in [4.78, 5) is 19.5. The lowest BCUT2D eigenvalue weighted by molar-refractivity contribution is 0.0983. The molecular formula is C20H15ClN2O4S2. The van der Waals surface area contributed by atoms with Gasteiger partial charge in [0.25, 0.3) is 5.91 Å². The van der Waals surface area contributed by atoms with E-state index in [1.165, 1.54) is 28.6 Å². The van der Waals surface area contributed by atoms with E-state index in [9.17, 15) is 13.2 Å². The number of nitrogens with zero attached hydrogens (tertiary/aromatic N) is 2. The van der Waals surface area contributed by atoms with Gasteiger partial charge in [-0.1, -0.05) is 35.1 Å². The molecule has 1 amide bonds. The predicted molar refractivity (Wildman–Crippen MR) is 113 cm³/mol. The molecule has 0 radical (unpaired) electrons. The molecule has 2 aromatic carbocycles. The molecule has 29 heavy (non-hydrogen) atoms. The summed E-state index contributed by atoms with van der Waals surface area (Å²) in [6.07, 6.45) is 2.68. The summed E-state index contributed by atoms with van der Waals surface area (Å²) in [6.45, 7) is 0.163. The maximum Gasteiger partial charge on any atom is 0.262 e. The normalized spacial score (nSPS) is 11.7. The minimum Gasteiger partial charge on any atom is -0.467 e. The van der Waals surface area contributed by atoms with Crippen molar-refractivity contribution < 1.29 is 17.6 Å². The number of benzene rings is 2. The number of thiazole rings is 1. The van der Waals surface area contributed by atoms with Gasteiger partial charge >= 0.3 is 0 Å². The molecule has 4 aromatic rings. The summed E-state index contributed by atoms with van der Waals surface area (Å²) in [5.74, 6) is 0.260. The van der Waals surface area contributed by atoms with E-state index in [0.717, 1.165) is 6.26 Å². The van der Waals surface area contributed by atoms with Gasteiger partial charge < -0.3 is 4.42 Å². The average Bonchev–Trinajstić information content (AvgIpc) is 3.34. The Bertz CT molecular complexity index is 1300. The molecule has 9 heteroatoms. The fourth-order valence-corrected chi connectivity index (χ4v) is 4.74. The number of rotatable bonds is 5. The number of halogens is 1. The molecule has 0 saturated heterocycles. The number of hydrogen-bond donors (Lipinski definition) is 0. The first-order valence-electron chi connectivity index (χ1n) is 8.52. The first-order chi connectivity index (χ1) is 13.8. The van der Waals surface area contributed by atoms with Crippen molar-refractivity contribution in [2.24, 2.45) is 0 Å². The molecular weight excluding hydrogens is 432 g/mol. The zero-order chi connectivity index (χ0) is 20.6. The van der Waals surface area contributed by atoms with E-state index in [4.69, 9.17) is 16.0 Å². The second-order valence-electron chi connectivity index (χ2n) is 6.35. The van der Waals surface area contributed by atoms with E-state index in [1.807, 2.05) is 0 Å². The van der Waals surface area contributed by atoms with Crippen LogP contribution in [0.2, 0.25) is 5.02 Å². The Morgan fingerprint density at radius 2 is 1.97 bits per heavy atom. The summed E-state index contributed by atoms with van der Waals surface area (Å²) in [6, 6.07) is 15.0. The maximum absolute atomic E-state index is 13.3. The van der Waals surface area contributed by atoms with Gasteiger partial charge in [0.05, 0.1) is 38.5 Å². The third kappa shape index (κ3) is 4.05. The highest BCUT2D eigenvalue weighted by atomic mass is 35.5. The molecule has 0 aliphatic heterocycles. The molecule has 0 saturated carbocycles. The molecule has 0 aliphatic carbocycles. The van der Waals surface area contributed by atoms with Gasteiger partial charge in [-0.3, -0.25) is 9.69 Å². The number of carbonyl (C=O) groups is 1. The highest BCUT2D eigenvalue weighted by molar-refractivity contribution is 7.90. The fourth-order valence-electron chi connectivity index (χ4n) is 2.80. The van der Waals surface area contributed by atoms with Gasteiger partial charge in [-0.25, -0.2) is 13.4 Å². The number of amides is 1. The molecule has 0 fully saturated rings. The van der Waals surface area contributed by atoms with Crippen molar-refractivity contribution in [2.45, 2.75) is 11.4 Å². The number of anilines is 1. The second-order valence-corrected chi connectivity index (χ2v) is 9.78. The Morgan fingerprint density at radius 3 is 2.66 bits per heavy atom. The van der Waals surface area contributed by atoms with Crippen LogP contribution in [0.25, 0.3) is 10.2 Å². The highest BCUT2D eigenvalue weighted by Crippen LogP contribution is 2.33. The van der Waals surface area contributed by atoms with Crippen LogP contribution in [0.5, 0.6) is 0 Å². The lowest BCUT2D eigenvalue weighted by Crippen LogP contribution is -2.30. The summed E-state index contributed by atoms with van der Waals surface area (Å²) < 4.78 is 29.8. The first-order valence-corrected chi connectivity index (χ1v) is 11.6. The topological polar surface area (TPSA) is 80.5 Å². The summed E-state index contributed by atoms with van der Waals surface area (Å²) in [7, 11) is -3.35. The number of furan rings is 1. The first kappa shape index (κ1) is 19.6. The molecule has 2 heterocycles. The summed E-state index contributed by atoms with van der Waals surface area (Å²) in [5, 5.41) is 0.759. The zero-order valence-corrected chi connectivity index (χ0v) is 17.6. The monoisotopic (exact) mass is 446 g/mol. The zero-order valence-electron chi connectivity index (χ0n) is 15.2. The average molecular weight is 447 g/mol. The minimum atomic E-state index is -3.35. The fraction of sp³-hybridized carbons (Fsp3) is 0.100. The van der Waals surface area contributed by atoms with E-state index < -0.39 is 9.84 Å². The van der Waals surface area contributed by atoms with Crippen LogP contribution in [-0.4, -0.2) is 25.6 Å². The van der Waals surface area contributed by atoms with E-state index >= 15 is 0 Å². The quantitative estimate of drug-likeness (QED) is 0.440. The van der Waals surface area contributed by atoms with Crippen molar-refractivity contribution in [2.75, 3.05) is 11.2 Å². The van der Waals surface area contributed by atoms with Crippen molar-refractivity contribution >= 4 is 54.0 Å². The van der Waals surface area contributed by atoms with Crippen LogP contribution >= 0.6 is 22.9 Å². The lowest BCUT2D eigenvalue weighted by Gasteiger charge is -2.19. The Kier molecular flexibility index (Phi) is 5.16. The molecule has 0 atom stereocenters. The minimum absolute atomic E-state index is 0.163. The smallest absolute Gasteiger partial charge is 0.262 e. The third-order valence-electron chi connectivity index (χ3n) is 4.25. The van der Waals surface area contributed by atoms with Crippen LogP contribution in [0.4, 0.5) is 5.13 Å². The lowest BCUT2D eigenvalue weighted by atomic mass is 10.2. The van der Waals surface area contributed by atoms with Gasteiger partial charge in [0.1, 0.15) is 5.76 Å².